The largest absolute Gasteiger partial charge is 0.479 e. The lowest BCUT2D eigenvalue weighted by atomic mass is 10.0. The van der Waals surface area contributed by atoms with Gasteiger partial charge in [0.05, 0.1) is 7.11 Å². The molecule has 0 fully saturated rings. The monoisotopic (exact) mass is 364 g/mol. The van der Waals surface area contributed by atoms with Gasteiger partial charge in [0.2, 0.25) is 0 Å². The first-order valence-electron chi connectivity index (χ1n) is 5.21. The Hall–Kier alpha value is -1.15. The lowest BCUT2D eigenvalue weighted by Gasteiger charge is -2.09. The van der Waals surface area contributed by atoms with Crippen LogP contribution in [0.15, 0.2) is 18.2 Å². The SMILES string of the molecule is COC(=O)CCc1cc(I)cc(C(O)C(=O)O)c1. The van der Waals surface area contributed by atoms with Gasteiger partial charge in [-0.05, 0) is 52.3 Å². The maximum Gasteiger partial charge on any atom is 0.337 e. The number of esters is 1. The molecule has 0 saturated carbocycles. The molecule has 0 aliphatic rings. The fourth-order valence-electron chi connectivity index (χ4n) is 1.47. The van der Waals surface area contributed by atoms with Gasteiger partial charge in [-0.3, -0.25) is 4.79 Å². The summed E-state index contributed by atoms with van der Waals surface area (Å²) in [5.74, 6) is -1.62. The van der Waals surface area contributed by atoms with E-state index in [0.717, 1.165) is 9.13 Å². The molecule has 5 nitrogen and oxygen atoms in total. The third-order valence-electron chi connectivity index (χ3n) is 2.38. The first-order chi connectivity index (χ1) is 8.43. The molecule has 0 aliphatic heterocycles. The van der Waals surface area contributed by atoms with Gasteiger partial charge in [-0.2, -0.15) is 0 Å². The van der Waals surface area contributed by atoms with Crippen molar-refractivity contribution in [2.75, 3.05) is 7.11 Å². The molecule has 0 aromatic heterocycles. The number of methoxy groups -OCH3 is 1. The molecule has 0 aliphatic carbocycles. The topological polar surface area (TPSA) is 83.8 Å². The van der Waals surface area contributed by atoms with E-state index in [0.29, 0.717) is 12.0 Å². The Labute approximate surface area is 118 Å². The number of halogens is 1. The van der Waals surface area contributed by atoms with Crippen LogP contribution in [0.2, 0.25) is 0 Å². The molecule has 0 heterocycles. The van der Waals surface area contributed by atoms with E-state index in [-0.39, 0.29) is 12.4 Å². The molecule has 0 saturated heterocycles. The number of aliphatic hydroxyl groups excluding tert-OH is 1. The number of aryl methyl sites for hydroxylation is 1. The zero-order chi connectivity index (χ0) is 13.7. The van der Waals surface area contributed by atoms with E-state index in [1.54, 1.807) is 12.1 Å². The highest BCUT2D eigenvalue weighted by Crippen LogP contribution is 2.20. The maximum atomic E-state index is 11.0. The number of carboxylic acid groups (broad SMARTS) is 1. The second kappa shape index (κ2) is 6.69. The number of hydrogen-bond acceptors (Lipinski definition) is 4. The Bertz CT molecular complexity index is 458. The fraction of sp³-hybridized carbons (Fsp3) is 0.333. The van der Waals surface area contributed by atoms with Crippen molar-refractivity contribution in [2.24, 2.45) is 0 Å². The van der Waals surface area contributed by atoms with Crippen LogP contribution < -0.4 is 0 Å². The normalized spacial score (nSPS) is 11.9. The minimum atomic E-state index is -1.54. The molecule has 0 amide bonds. The Morgan fingerprint density at radius 2 is 2.06 bits per heavy atom. The summed E-state index contributed by atoms with van der Waals surface area (Å²) in [6.07, 6.45) is -0.876. The maximum absolute atomic E-state index is 11.0. The van der Waals surface area contributed by atoms with Crippen LogP contribution in [0.5, 0.6) is 0 Å². The fourth-order valence-corrected chi connectivity index (χ4v) is 2.23. The number of ether oxygens (including phenoxy) is 1. The van der Waals surface area contributed by atoms with E-state index in [1.807, 2.05) is 28.7 Å². The van der Waals surface area contributed by atoms with Gasteiger partial charge < -0.3 is 14.9 Å². The molecule has 0 bridgehead atoms. The Kier molecular flexibility index (Phi) is 5.54. The van der Waals surface area contributed by atoms with E-state index in [2.05, 4.69) is 4.74 Å². The quantitative estimate of drug-likeness (QED) is 0.612. The van der Waals surface area contributed by atoms with E-state index in [1.165, 1.54) is 7.11 Å². The molecule has 98 valence electrons. The molecule has 0 radical (unpaired) electrons. The van der Waals surface area contributed by atoms with Gasteiger partial charge in [0, 0.05) is 9.99 Å². The number of hydrogen-bond donors (Lipinski definition) is 2. The minimum absolute atomic E-state index is 0.221. The van der Waals surface area contributed by atoms with E-state index >= 15 is 0 Å². The van der Waals surface area contributed by atoms with Crippen LogP contribution in [0.3, 0.4) is 0 Å². The smallest absolute Gasteiger partial charge is 0.337 e. The van der Waals surface area contributed by atoms with Crippen LogP contribution in [0, 0.1) is 3.57 Å². The third-order valence-corrected chi connectivity index (χ3v) is 3.00. The summed E-state index contributed by atoms with van der Waals surface area (Å²) in [7, 11) is 1.32. The number of carboxylic acids is 1. The molecular formula is C12H13IO5. The van der Waals surface area contributed by atoms with Crippen molar-refractivity contribution in [1.82, 2.24) is 0 Å². The van der Waals surface area contributed by atoms with E-state index < -0.39 is 12.1 Å². The predicted molar refractivity (Wildman–Crippen MR) is 72.1 cm³/mol. The van der Waals surface area contributed by atoms with Crippen molar-refractivity contribution in [3.8, 4) is 0 Å². The molecular weight excluding hydrogens is 351 g/mol. The summed E-state index contributed by atoms with van der Waals surface area (Å²) >= 11 is 2.03. The molecule has 1 atom stereocenters. The van der Waals surface area contributed by atoms with Crippen molar-refractivity contribution in [1.29, 1.82) is 0 Å². The zero-order valence-electron chi connectivity index (χ0n) is 9.72. The van der Waals surface area contributed by atoms with Gasteiger partial charge in [0.1, 0.15) is 0 Å². The Balaban J connectivity index is 2.87. The van der Waals surface area contributed by atoms with Gasteiger partial charge in [-0.25, -0.2) is 4.79 Å². The minimum Gasteiger partial charge on any atom is -0.479 e. The van der Waals surface area contributed by atoms with E-state index in [4.69, 9.17) is 5.11 Å². The number of benzene rings is 1. The highest BCUT2D eigenvalue weighted by Gasteiger charge is 2.17. The Morgan fingerprint density at radius 3 is 2.61 bits per heavy atom. The number of aliphatic carboxylic acids is 1. The lowest BCUT2D eigenvalue weighted by Crippen LogP contribution is -2.11. The third kappa shape index (κ3) is 4.26. The lowest BCUT2D eigenvalue weighted by molar-refractivity contribution is -0.147. The van der Waals surface area contributed by atoms with Gasteiger partial charge in [-0.1, -0.05) is 6.07 Å². The van der Waals surface area contributed by atoms with Crippen molar-refractivity contribution in [3.05, 3.63) is 32.9 Å². The van der Waals surface area contributed by atoms with Crippen molar-refractivity contribution in [2.45, 2.75) is 18.9 Å². The highest BCUT2D eigenvalue weighted by molar-refractivity contribution is 14.1. The van der Waals surface area contributed by atoms with Gasteiger partial charge in [0.15, 0.2) is 6.10 Å². The summed E-state index contributed by atoms with van der Waals surface area (Å²) < 4.78 is 5.34. The number of carbonyl (C=O) groups excluding carboxylic acids is 1. The summed E-state index contributed by atoms with van der Waals surface area (Å²) in [6.45, 7) is 0. The molecule has 1 aromatic carbocycles. The molecule has 0 spiro atoms. The van der Waals surface area contributed by atoms with Gasteiger partial charge >= 0.3 is 11.9 Å². The molecule has 18 heavy (non-hydrogen) atoms. The van der Waals surface area contributed by atoms with Crippen LogP contribution >= 0.6 is 22.6 Å². The first kappa shape index (κ1) is 14.9. The predicted octanol–water partition coefficient (Wildman–Crippen LogP) is 1.51. The Morgan fingerprint density at radius 1 is 1.39 bits per heavy atom. The highest BCUT2D eigenvalue weighted by atomic mass is 127. The molecule has 6 heteroatoms. The van der Waals surface area contributed by atoms with Crippen LogP contribution in [0.25, 0.3) is 0 Å². The molecule has 1 rings (SSSR count). The zero-order valence-corrected chi connectivity index (χ0v) is 11.9. The summed E-state index contributed by atoms with van der Waals surface area (Å²) in [5.41, 5.74) is 1.11. The van der Waals surface area contributed by atoms with Gasteiger partial charge in [-0.15, -0.1) is 0 Å². The van der Waals surface area contributed by atoms with Gasteiger partial charge in [0.25, 0.3) is 0 Å². The van der Waals surface area contributed by atoms with Crippen LogP contribution in [-0.4, -0.2) is 29.3 Å². The van der Waals surface area contributed by atoms with Crippen LogP contribution in [0.1, 0.15) is 23.7 Å². The van der Waals surface area contributed by atoms with Crippen molar-refractivity contribution >= 4 is 34.5 Å². The standard InChI is InChI=1S/C12H13IO5/c1-18-10(14)3-2-7-4-8(6-9(13)5-7)11(15)12(16)17/h4-6,11,15H,2-3H2,1H3,(H,16,17). The number of aliphatic hydroxyl groups is 1. The molecule has 1 unspecified atom stereocenters. The van der Waals surface area contributed by atoms with Crippen molar-refractivity contribution < 1.29 is 24.5 Å². The van der Waals surface area contributed by atoms with Crippen LogP contribution in [0.4, 0.5) is 0 Å². The first-order valence-corrected chi connectivity index (χ1v) is 6.29. The molecule has 2 N–H and O–H groups in total. The van der Waals surface area contributed by atoms with Crippen LogP contribution in [-0.2, 0) is 20.7 Å². The number of carbonyl (C=O) groups is 2. The summed E-state index contributed by atoms with van der Waals surface area (Å²) in [4.78, 5) is 21.7. The second-order valence-corrected chi connectivity index (χ2v) is 4.96. The number of rotatable bonds is 5. The summed E-state index contributed by atoms with van der Waals surface area (Å²) in [6, 6.07) is 5.02. The second-order valence-electron chi connectivity index (χ2n) is 3.71. The van der Waals surface area contributed by atoms with Crippen molar-refractivity contribution in [3.63, 3.8) is 0 Å². The average molecular weight is 364 g/mol. The van der Waals surface area contributed by atoms with E-state index in [9.17, 15) is 14.7 Å². The summed E-state index contributed by atoms with van der Waals surface area (Å²) in [5, 5.41) is 18.2. The average Bonchev–Trinajstić information content (AvgIpc) is 2.34. The molecule has 1 aromatic rings.